The molecule has 0 aromatic carbocycles. The number of allylic oxidation sites excluding steroid dienone is 15. The van der Waals surface area contributed by atoms with Gasteiger partial charge in [0.25, 0.3) is 0 Å². The van der Waals surface area contributed by atoms with E-state index in [4.69, 9.17) is 28.4 Å². The number of ether oxygens (including phenoxy) is 6. The van der Waals surface area contributed by atoms with E-state index in [1.807, 2.05) is 6.08 Å². The van der Waals surface area contributed by atoms with E-state index >= 15 is 0 Å². The van der Waals surface area contributed by atoms with Gasteiger partial charge in [-0.3, -0.25) is 4.79 Å². The van der Waals surface area contributed by atoms with Crippen LogP contribution in [0.4, 0.5) is 0 Å². The first-order valence-corrected chi connectivity index (χ1v) is 37.5. The van der Waals surface area contributed by atoms with Crippen LogP contribution >= 0.6 is 0 Å². The fraction of sp³-hybridized carbons (Fsp3) is 0.779. The number of nitrogens with one attached hydrogen (secondary N) is 1. The van der Waals surface area contributed by atoms with Gasteiger partial charge in [-0.1, -0.05) is 265 Å². The van der Waals surface area contributed by atoms with Gasteiger partial charge in [0.15, 0.2) is 18.9 Å². The molecule has 3 saturated heterocycles. The summed E-state index contributed by atoms with van der Waals surface area (Å²) in [5.41, 5.74) is 0. The minimum absolute atomic E-state index is 0.234. The number of rotatable bonds is 57. The highest BCUT2D eigenvalue weighted by atomic mass is 16.8. The third-order valence-corrected chi connectivity index (χ3v) is 18.1. The highest BCUT2D eigenvalue weighted by molar-refractivity contribution is 5.76. The van der Waals surface area contributed by atoms with Gasteiger partial charge in [0, 0.05) is 6.42 Å². The number of hydrogen-bond donors (Lipinski definition) is 12. The molecule has 0 aromatic heterocycles. The zero-order chi connectivity index (χ0) is 69.6. The van der Waals surface area contributed by atoms with Gasteiger partial charge >= 0.3 is 0 Å². The molecule has 0 radical (unpaired) electrons. The van der Waals surface area contributed by atoms with Crippen molar-refractivity contribution in [1.29, 1.82) is 0 Å². The number of hydrogen-bond acceptors (Lipinski definition) is 18. The lowest BCUT2D eigenvalue weighted by atomic mass is 9.96. The Hall–Kier alpha value is -3.29. The highest BCUT2D eigenvalue weighted by Crippen LogP contribution is 2.33. The van der Waals surface area contributed by atoms with Crippen LogP contribution in [-0.2, 0) is 33.2 Å². The normalized spacial score (nSPS) is 27.6. The van der Waals surface area contributed by atoms with E-state index in [2.05, 4.69) is 104 Å². The van der Waals surface area contributed by atoms with Gasteiger partial charge in [0.2, 0.25) is 5.91 Å². The van der Waals surface area contributed by atoms with Crippen LogP contribution in [-0.4, -0.2) is 193 Å². The molecule has 3 aliphatic heterocycles. The molecule has 17 atom stereocenters. The SMILES string of the molecule is CC/C=C\C/C=C\C/C=C\C/C=C\C/C=C\C/C=C\C/C=C\CCCCCCCCCCCCCC(=O)NC(COC1OC(CO)C(OC2OC(CO)C(OC3OC(CO)C(O)C(O)C3O)C(O)C2O)C(O)C1O)C(O)/C=C/CCCCCCCCCCCCCCCCCC. The molecule has 3 fully saturated rings. The maximum absolute atomic E-state index is 13.4. The molecule has 19 heteroatoms. The molecular formula is C77H133NO18. The number of aliphatic hydroxyl groups excluding tert-OH is 11. The Bertz CT molecular complexity index is 2110. The van der Waals surface area contributed by atoms with Crippen LogP contribution < -0.4 is 5.32 Å². The van der Waals surface area contributed by atoms with Crippen LogP contribution in [0.2, 0.25) is 0 Å². The molecule has 96 heavy (non-hydrogen) atoms. The smallest absolute Gasteiger partial charge is 0.220 e. The van der Waals surface area contributed by atoms with Crippen LogP contribution in [0.3, 0.4) is 0 Å². The fourth-order valence-electron chi connectivity index (χ4n) is 12.1. The third-order valence-electron chi connectivity index (χ3n) is 18.1. The molecule has 17 unspecified atom stereocenters. The average Bonchev–Trinajstić information content (AvgIpc) is 0.787. The molecule has 19 nitrogen and oxygen atoms in total. The number of aliphatic hydroxyl groups is 11. The molecular weight excluding hydrogens is 1230 g/mol. The fourth-order valence-corrected chi connectivity index (χ4v) is 12.1. The lowest BCUT2D eigenvalue weighted by molar-refractivity contribution is -0.379. The maximum Gasteiger partial charge on any atom is 0.220 e. The largest absolute Gasteiger partial charge is 0.394 e. The Morgan fingerprint density at radius 1 is 0.385 bits per heavy atom. The van der Waals surface area contributed by atoms with Crippen molar-refractivity contribution in [2.75, 3.05) is 26.4 Å². The Balaban J connectivity index is 1.39. The summed E-state index contributed by atoms with van der Waals surface area (Å²) in [7, 11) is 0. The van der Waals surface area contributed by atoms with Crippen LogP contribution in [0.1, 0.15) is 251 Å². The number of amides is 1. The molecule has 0 saturated carbocycles. The van der Waals surface area contributed by atoms with Crippen LogP contribution in [0.5, 0.6) is 0 Å². The average molecular weight is 1360 g/mol. The van der Waals surface area contributed by atoms with Crippen molar-refractivity contribution >= 4 is 5.91 Å². The van der Waals surface area contributed by atoms with Crippen molar-refractivity contribution in [2.45, 2.75) is 356 Å². The lowest BCUT2D eigenvalue weighted by Gasteiger charge is -2.48. The molecule has 12 N–H and O–H groups in total. The number of carbonyl (C=O) groups excluding carboxylic acids is 1. The van der Waals surface area contributed by atoms with Crippen LogP contribution in [0.15, 0.2) is 97.2 Å². The summed E-state index contributed by atoms with van der Waals surface area (Å²) in [6.07, 6.45) is 49.5. The van der Waals surface area contributed by atoms with Gasteiger partial charge in [-0.2, -0.15) is 0 Å². The van der Waals surface area contributed by atoms with Gasteiger partial charge in [0.1, 0.15) is 73.2 Å². The first-order chi connectivity index (χ1) is 46.8. The van der Waals surface area contributed by atoms with E-state index < -0.39 is 124 Å². The van der Waals surface area contributed by atoms with Gasteiger partial charge in [-0.15, -0.1) is 0 Å². The highest BCUT2D eigenvalue weighted by Gasteiger charge is 2.53. The molecule has 3 heterocycles. The summed E-state index contributed by atoms with van der Waals surface area (Å²) in [6.45, 7) is 1.62. The topological polar surface area (TPSA) is 307 Å². The van der Waals surface area contributed by atoms with E-state index in [1.165, 1.54) is 122 Å². The predicted octanol–water partition coefficient (Wildman–Crippen LogP) is 11.2. The molecule has 0 aliphatic carbocycles. The Morgan fingerprint density at radius 2 is 0.719 bits per heavy atom. The quantitative estimate of drug-likeness (QED) is 0.0199. The molecule has 554 valence electrons. The first-order valence-electron chi connectivity index (χ1n) is 37.5. The first kappa shape index (κ1) is 86.9. The van der Waals surface area contributed by atoms with E-state index in [0.717, 1.165) is 103 Å². The second kappa shape index (κ2) is 57.3. The second-order valence-electron chi connectivity index (χ2n) is 26.4. The minimum atomic E-state index is -1.98. The Morgan fingerprint density at radius 3 is 1.12 bits per heavy atom. The number of unbranched alkanes of at least 4 members (excludes halogenated alkanes) is 27. The monoisotopic (exact) mass is 1360 g/mol. The Kier molecular flexibility index (Phi) is 51.9. The summed E-state index contributed by atoms with van der Waals surface area (Å²) < 4.78 is 34.4. The molecule has 3 aliphatic rings. The van der Waals surface area contributed by atoms with Crippen molar-refractivity contribution < 1.29 is 89.4 Å². The number of carbonyl (C=O) groups is 1. The van der Waals surface area contributed by atoms with Gasteiger partial charge in [-0.25, -0.2) is 0 Å². The lowest BCUT2D eigenvalue weighted by Crippen LogP contribution is -2.66. The van der Waals surface area contributed by atoms with Crippen molar-refractivity contribution in [3.63, 3.8) is 0 Å². The molecule has 0 aromatic rings. The van der Waals surface area contributed by atoms with Crippen molar-refractivity contribution in [1.82, 2.24) is 5.32 Å². The summed E-state index contributed by atoms with van der Waals surface area (Å²) in [5.74, 6) is -0.281. The van der Waals surface area contributed by atoms with Crippen LogP contribution in [0, 0.1) is 0 Å². The van der Waals surface area contributed by atoms with Gasteiger partial charge in [-0.05, 0) is 77.0 Å². The van der Waals surface area contributed by atoms with E-state index in [9.17, 15) is 61.0 Å². The van der Waals surface area contributed by atoms with E-state index in [0.29, 0.717) is 6.42 Å². The van der Waals surface area contributed by atoms with Gasteiger partial charge < -0.3 is 89.9 Å². The third kappa shape index (κ3) is 37.9. The zero-order valence-electron chi connectivity index (χ0n) is 58.8. The Labute approximate surface area is 577 Å². The zero-order valence-corrected chi connectivity index (χ0v) is 58.8. The van der Waals surface area contributed by atoms with Gasteiger partial charge in [0.05, 0.1) is 38.6 Å². The standard InChI is InChI=1S/C77H133NO18/c1-3-5-7-9-11-13-15-17-19-21-23-24-25-26-27-28-29-30-31-32-33-34-35-36-37-39-41-43-45-47-49-51-53-55-65(83)78-60(61(82)54-52-50-48-46-44-42-40-38-22-20-18-16-14-12-10-8-6-4-2)59-91-75-71(89)68(86)73(63(57-80)93-75)96-77-72(90)69(87)74(64(58-81)94-77)95-76-70(88)67(85)66(84)62(56-79)92-76/h5,7,11,13,17,19,23-24,26-27,29-30,32-33,52,54,60-64,66-77,79-82,84-90H,3-4,6,8-10,12,14-16,18,20-22,25,28,31,34-51,53,55-59H2,1-2H3,(H,78,83)/b7-5-,13-11-,19-17-,24-23-,27-26-,30-29-,33-32-,54-52+. The molecule has 0 bridgehead atoms. The van der Waals surface area contributed by atoms with E-state index in [1.54, 1.807) is 6.08 Å². The summed E-state index contributed by atoms with van der Waals surface area (Å²) >= 11 is 0. The van der Waals surface area contributed by atoms with Crippen LogP contribution in [0.25, 0.3) is 0 Å². The molecule has 0 spiro atoms. The van der Waals surface area contributed by atoms with Crippen molar-refractivity contribution in [3.05, 3.63) is 97.2 Å². The maximum atomic E-state index is 13.4. The summed E-state index contributed by atoms with van der Waals surface area (Å²) in [5, 5.41) is 121. The van der Waals surface area contributed by atoms with E-state index in [-0.39, 0.29) is 18.9 Å². The van der Waals surface area contributed by atoms with Crippen molar-refractivity contribution in [2.24, 2.45) is 0 Å². The summed E-state index contributed by atoms with van der Waals surface area (Å²) in [4.78, 5) is 13.4. The predicted molar refractivity (Wildman–Crippen MR) is 378 cm³/mol. The van der Waals surface area contributed by atoms with Crippen molar-refractivity contribution in [3.8, 4) is 0 Å². The molecule has 1 amide bonds. The summed E-state index contributed by atoms with van der Waals surface area (Å²) in [6, 6.07) is -0.981. The second-order valence-corrected chi connectivity index (χ2v) is 26.4. The molecule has 3 rings (SSSR count). The minimum Gasteiger partial charge on any atom is -0.394 e.